The highest BCUT2D eigenvalue weighted by atomic mass is 32.1. The molecule has 2 N–H and O–H groups in total. The van der Waals surface area contributed by atoms with E-state index in [-0.39, 0.29) is 18.1 Å². The van der Waals surface area contributed by atoms with Crippen LogP contribution in [-0.4, -0.2) is 49.3 Å². The van der Waals surface area contributed by atoms with Crippen molar-refractivity contribution in [2.75, 3.05) is 26.3 Å². The first kappa shape index (κ1) is 17.7. The molecule has 0 unspecified atom stereocenters. The van der Waals surface area contributed by atoms with E-state index in [1.165, 1.54) is 24.1 Å². The number of morpholine rings is 1. The van der Waals surface area contributed by atoms with E-state index >= 15 is 0 Å². The van der Waals surface area contributed by atoms with Crippen LogP contribution in [0.4, 0.5) is 4.79 Å². The van der Waals surface area contributed by atoms with E-state index in [1.54, 1.807) is 11.3 Å². The third kappa shape index (κ3) is 4.71. The van der Waals surface area contributed by atoms with Crippen molar-refractivity contribution < 1.29 is 9.53 Å². The van der Waals surface area contributed by atoms with Crippen molar-refractivity contribution in [1.29, 1.82) is 0 Å². The predicted molar refractivity (Wildman–Crippen MR) is 97.5 cm³/mol. The summed E-state index contributed by atoms with van der Waals surface area (Å²) in [5.41, 5.74) is 0. The third-order valence-electron chi connectivity index (χ3n) is 5.05. The molecule has 0 bridgehead atoms. The molecule has 0 spiro atoms. The molecule has 6 heteroatoms. The summed E-state index contributed by atoms with van der Waals surface area (Å²) in [4.78, 5) is 16.2. The zero-order valence-electron chi connectivity index (χ0n) is 14.5. The maximum Gasteiger partial charge on any atom is 0.315 e. The van der Waals surface area contributed by atoms with E-state index < -0.39 is 0 Å². The fraction of sp³-hybridized carbons (Fsp3) is 0.722. The van der Waals surface area contributed by atoms with Crippen LogP contribution in [-0.2, 0) is 4.74 Å². The minimum atomic E-state index is -0.0239. The Bertz CT molecular complexity index is 496. The summed E-state index contributed by atoms with van der Waals surface area (Å²) in [5.74, 6) is 0. The number of amides is 2. The average molecular weight is 352 g/mol. The molecule has 0 radical (unpaired) electrons. The first-order valence-corrected chi connectivity index (χ1v) is 10.0. The van der Waals surface area contributed by atoms with Crippen LogP contribution in [0, 0.1) is 0 Å². The highest BCUT2D eigenvalue weighted by Crippen LogP contribution is 2.29. The molecule has 2 heterocycles. The monoisotopic (exact) mass is 351 g/mol. The van der Waals surface area contributed by atoms with Crippen LogP contribution >= 0.6 is 11.3 Å². The van der Waals surface area contributed by atoms with Crippen LogP contribution < -0.4 is 10.6 Å². The van der Waals surface area contributed by atoms with Crippen LogP contribution in [0.15, 0.2) is 17.5 Å². The Hall–Kier alpha value is -1.11. The second-order valence-corrected chi connectivity index (χ2v) is 7.83. The summed E-state index contributed by atoms with van der Waals surface area (Å²) in [6, 6.07) is 4.85. The number of nitrogens with one attached hydrogen (secondary N) is 2. The number of thiophene rings is 1. The van der Waals surface area contributed by atoms with E-state index in [0.717, 1.165) is 39.1 Å². The lowest BCUT2D eigenvalue weighted by Gasteiger charge is -2.37. The second-order valence-electron chi connectivity index (χ2n) is 6.85. The predicted octanol–water partition coefficient (Wildman–Crippen LogP) is 3.14. The van der Waals surface area contributed by atoms with E-state index in [0.29, 0.717) is 6.04 Å². The van der Waals surface area contributed by atoms with Gasteiger partial charge in [-0.25, -0.2) is 4.79 Å². The van der Waals surface area contributed by atoms with Crippen LogP contribution in [0.2, 0.25) is 0 Å². The van der Waals surface area contributed by atoms with Crippen molar-refractivity contribution in [2.24, 2.45) is 0 Å². The first-order chi connectivity index (χ1) is 11.7. The molecule has 2 aliphatic rings. The highest BCUT2D eigenvalue weighted by molar-refractivity contribution is 7.10. The Balaban J connectivity index is 1.60. The quantitative estimate of drug-likeness (QED) is 0.857. The molecule has 2 amide bonds. The normalized spacial score (nSPS) is 22.7. The molecule has 1 saturated heterocycles. The molecule has 0 aromatic carbocycles. The molecule has 3 rings (SSSR count). The van der Waals surface area contributed by atoms with Crippen LogP contribution in [0.5, 0.6) is 0 Å². The van der Waals surface area contributed by atoms with Crippen molar-refractivity contribution in [3.8, 4) is 0 Å². The van der Waals surface area contributed by atoms with Crippen molar-refractivity contribution in [3.05, 3.63) is 22.4 Å². The van der Waals surface area contributed by atoms with Crippen LogP contribution in [0.3, 0.4) is 0 Å². The number of hydrogen-bond donors (Lipinski definition) is 2. The largest absolute Gasteiger partial charge is 0.379 e. The summed E-state index contributed by atoms with van der Waals surface area (Å²) >= 11 is 1.76. The Morgan fingerprint density at radius 2 is 2.04 bits per heavy atom. The van der Waals surface area contributed by atoms with Gasteiger partial charge in [-0.3, -0.25) is 4.90 Å². The number of rotatable bonds is 5. The molecule has 1 aromatic rings. The van der Waals surface area contributed by atoms with Gasteiger partial charge in [0.25, 0.3) is 0 Å². The fourth-order valence-electron chi connectivity index (χ4n) is 3.82. The van der Waals surface area contributed by atoms with Gasteiger partial charge >= 0.3 is 6.03 Å². The SMILES string of the molecule is C[C@@H](NC(=O)NC1CCCCC1)[C@@H](c1cccs1)N1CCOCC1. The topological polar surface area (TPSA) is 53.6 Å². The van der Waals surface area contributed by atoms with Gasteiger partial charge in [0, 0.05) is 30.1 Å². The number of ether oxygens (including phenoxy) is 1. The van der Waals surface area contributed by atoms with Gasteiger partial charge in [-0.05, 0) is 31.2 Å². The van der Waals surface area contributed by atoms with Gasteiger partial charge in [0.2, 0.25) is 0 Å². The Labute approximate surface area is 148 Å². The van der Waals surface area contributed by atoms with Gasteiger partial charge in [-0.15, -0.1) is 11.3 Å². The minimum Gasteiger partial charge on any atom is -0.379 e. The molecule has 1 aliphatic heterocycles. The van der Waals surface area contributed by atoms with Crippen molar-refractivity contribution in [2.45, 2.75) is 57.2 Å². The number of urea groups is 1. The summed E-state index contributed by atoms with van der Waals surface area (Å²) in [7, 11) is 0. The molecule has 24 heavy (non-hydrogen) atoms. The summed E-state index contributed by atoms with van der Waals surface area (Å²) in [6.45, 7) is 5.48. The fourth-order valence-corrected chi connectivity index (χ4v) is 4.78. The maximum atomic E-state index is 12.4. The van der Waals surface area contributed by atoms with Gasteiger partial charge in [-0.1, -0.05) is 25.3 Å². The molecule has 2 atom stereocenters. The molecule has 2 fully saturated rings. The number of nitrogens with zero attached hydrogens (tertiary/aromatic N) is 1. The van der Waals surface area contributed by atoms with Crippen molar-refractivity contribution in [1.82, 2.24) is 15.5 Å². The maximum absolute atomic E-state index is 12.4. The van der Waals surface area contributed by atoms with Gasteiger partial charge < -0.3 is 15.4 Å². The third-order valence-corrected chi connectivity index (χ3v) is 5.99. The van der Waals surface area contributed by atoms with Crippen molar-refractivity contribution >= 4 is 17.4 Å². The molecule has 1 aliphatic carbocycles. The van der Waals surface area contributed by atoms with Crippen molar-refractivity contribution in [3.63, 3.8) is 0 Å². The van der Waals surface area contributed by atoms with Crippen LogP contribution in [0.25, 0.3) is 0 Å². The van der Waals surface area contributed by atoms with E-state index in [2.05, 4.69) is 40.0 Å². The smallest absolute Gasteiger partial charge is 0.315 e. The van der Waals surface area contributed by atoms with Gasteiger partial charge in [0.1, 0.15) is 0 Å². The summed E-state index contributed by atoms with van der Waals surface area (Å²) in [5, 5.41) is 8.46. The van der Waals surface area contributed by atoms with Gasteiger partial charge in [0.15, 0.2) is 0 Å². The number of hydrogen-bond acceptors (Lipinski definition) is 4. The Morgan fingerprint density at radius 3 is 2.71 bits per heavy atom. The molecular weight excluding hydrogens is 322 g/mol. The Morgan fingerprint density at radius 1 is 1.29 bits per heavy atom. The van der Waals surface area contributed by atoms with E-state index in [4.69, 9.17) is 4.74 Å². The number of carbonyl (C=O) groups is 1. The van der Waals surface area contributed by atoms with E-state index in [1.807, 2.05) is 0 Å². The van der Waals surface area contributed by atoms with E-state index in [9.17, 15) is 4.79 Å². The second kappa shape index (κ2) is 8.83. The molecule has 1 aromatic heterocycles. The van der Waals surface area contributed by atoms with Gasteiger partial charge in [-0.2, -0.15) is 0 Å². The number of carbonyl (C=O) groups excluding carboxylic acids is 1. The van der Waals surface area contributed by atoms with Crippen LogP contribution in [0.1, 0.15) is 49.9 Å². The standard InChI is InChI=1S/C18H29N3O2S/c1-14(19-18(22)20-15-6-3-2-4-7-15)17(16-8-5-13-24-16)21-9-11-23-12-10-21/h5,8,13-15,17H,2-4,6-7,9-12H2,1H3,(H2,19,20,22)/t14-,17+/m1/s1. The lowest BCUT2D eigenvalue weighted by Crippen LogP contribution is -2.52. The summed E-state index contributed by atoms with van der Waals surface area (Å²) < 4.78 is 5.49. The molecule has 1 saturated carbocycles. The first-order valence-electron chi connectivity index (χ1n) is 9.16. The minimum absolute atomic E-state index is 0.0239. The highest BCUT2D eigenvalue weighted by Gasteiger charge is 2.29. The average Bonchev–Trinajstić information content (AvgIpc) is 3.11. The zero-order valence-corrected chi connectivity index (χ0v) is 15.3. The van der Waals surface area contributed by atoms with Gasteiger partial charge in [0.05, 0.1) is 19.3 Å². The molecule has 134 valence electrons. The zero-order chi connectivity index (χ0) is 16.8. The summed E-state index contributed by atoms with van der Waals surface area (Å²) in [6.07, 6.45) is 5.98. The Kier molecular flexibility index (Phi) is 6.51. The lowest BCUT2D eigenvalue weighted by atomic mass is 9.96. The molecular formula is C18H29N3O2S. The molecule has 5 nitrogen and oxygen atoms in total. The lowest BCUT2D eigenvalue weighted by molar-refractivity contribution is 0.0104.